The van der Waals surface area contributed by atoms with Crippen molar-refractivity contribution >= 4 is 11.6 Å². The lowest BCUT2D eigenvalue weighted by molar-refractivity contribution is -0.119. The first-order valence-corrected chi connectivity index (χ1v) is 3.89. The number of ketones is 2. The molecule has 0 saturated heterocycles. The van der Waals surface area contributed by atoms with Crippen LogP contribution in [0.4, 0.5) is 0 Å². The van der Waals surface area contributed by atoms with Gasteiger partial charge in [0.2, 0.25) is 0 Å². The second-order valence-electron chi connectivity index (χ2n) is 3.03. The summed E-state index contributed by atoms with van der Waals surface area (Å²) in [6.45, 7) is 1.59. The van der Waals surface area contributed by atoms with Crippen LogP contribution in [0.1, 0.15) is 26.2 Å². The highest BCUT2D eigenvalue weighted by Gasteiger charge is 2.13. The molecule has 1 atom stereocenters. The van der Waals surface area contributed by atoms with Crippen LogP contribution in [0.2, 0.25) is 0 Å². The number of rotatable bonds is 2. The first-order valence-electron chi connectivity index (χ1n) is 3.89. The topological polar surface area (TPSA) is 34.1 Å². The molecule has 0 spiro atoms. The molecule has 2 nitrogen and oxygen atoms in total. The van der Waals surface area contributed by atoms with Crippen LogP contribution >= 0.6 is 0 Å². The van der Waals surface area contributed by atoms with E-state index in [1.165, 1.54) is 0 Å². The highest BCUT2D eigenvalue weighted by molar-refractivity contribution is 5.90. The van der Waals surface area contributed by atoms with Crippen molar-refractivity contribution < 1.29 is 9.59 Å². The molecule has 1 aliphatic carbocycles. The Kier molecular flexibility index (Phi) is 2.58. The molecule has 0 aliphatic heterocycles. The van der Waals surface area contributed by atoms with Gasteiger partial charge in [0, 0.05) is 12.8 Å². The molecule has 1 rings (SSSR count). The fourth-order valence-electron chi connectivity index (χ4n) is 1.29. The normalized spacial score (nSPS) is 23.7. The van der Waals surface area contributed by atoms with Crippen molar-refractivity contribution in [2.45, 2.75) is 26.2 Å². The molecule has 1 aliphatic rings. The van der Waals surface area contributed by atoms with E-state index in [0.29, 0.717) is 18.8 Å². The number of hydrogen-bond acceptors (Lipinski definition) is 2. The monoisotopic (exact) mass is 152 g/mol. The molecule has 0 fully saturated rings. The smallest absolute Gasteiger partial charge is 0.155 e. The van der Waals surface area contributed by atoms with Crippen LogP contribution < -0.4 is 0 Å². The van der Waals surface area contributed by atoms with Gasteiger partial charge in [-0.05, 0) is 25.3 Å². The van der Waals surface area contributed by atoms with E-state index in [9.17, 15) is 9.59 Å². The van der Waals surface area contributed by atoms with Crippen molar-refractivity contribution in [2.24, 2.45) is 5.92 Å². The average Bonchev–Trinajstić information content (AvgIpc) is 1.93. The van der Waals surface area contributed by atoms with E-state index >= 15 is 0 Å². The molecule has 0 radical (unpaired) electrons. The third-order valence-electron chi connectivity index (χ3n) is 1.87. The van der Waals surface area contributed by atoms with Crippen molar-refractivity contribution in [3.63, 3.8) is 0 Å². The van der Waals surface area contributed by atoms with Gasteiger partial charge in [-0.1, -0.05) is 6.08 Å². The summed E-state index contributed by atoms with van der Waals surface area (Å²) < 4.78 is 0. The van der Waals surface area contributed by atoms with Gasteiger partial charge in [-0.25, -0.2) is 0 Å². The van der Waals surface area contributed by atoms with E-state index in [0.717, 1.165) is 6.42 Å². The molecule has 0 N–H and O–H groups in total. The molecule has 1 unspecified atom stereocenters. The third kappa shape index (κ3) is 2.66. The summed E-state index contributed by atoms with van der Waals surface area (Å²) >= 11 is 0. The molecular weight excluding hydrogens is 140 g/mol. The Bertz CT molecular complexity index is 204. The van der Waals surface area contributed by atoms with Gasteiger partial charge in [0.1, 0.15) is 5.78 Å². The Morgan fingerprint density at radius 1 is 1.73 bits per heavy atom. The summed E-state index contributed by atoms with van der Waals surface area (Å²) in [5.41, 5.74) is 0. The molecule has 60 valence electrons. The molecule has 0 aromatic rings. The average molecular weight is 152 g/mol. The summed E-state index contributed by atoms with van der Waals surface area (Å²) in [7, 11) is 0. The summed E-state index contributed by atoms with van der Waals surface area (Å²) in [6, 6.07) is 0. The second kappa shape index (κ2) is 3.46. The van der Waals surface area contributed by atoms with Gasteiger partial charge in [0.15, 0.2) is 5.78 Å². The van der Waals surface area contributed by atoms with Crippen LogP contribution in [0.15, 0.2) is 12.2 Å². The quantitative estimate of drug-likeness (QED) is 0.601. The molecule has 11 heavy (non-hydrogen) atoms. The lowest BCUT2D eigenvalue weighted by Gasteiger charge is -2.12. The van der Waals surface area contributed by atoms with Crippen LogP contribution in [0.25, 0.3) is 0 Å². The maximum absolute atomic E-state index is 10.7. The van der Waals surface area contributed by atoms with E-state index in [4.69, 9.17) is 0 Å². The molecule has 0 saturated carbocycles. The minimum absolute atomic E-state index is 0.185. The van der Waals surface area contributed by atoms with Gasteiger partial charge in [-0.3, -0.25) is 4.79 Å². The first-order chi connectivity index (χ1) is 5.18. The predicted octanol–water partition coefficient (Wildman–Crippen LogP) is 1.50. The highest BCUT2D eigenvalue weighted by Crippen LogP contribution is 2.18. The lowest BCUT2D eigenvalue weighted by atomic mass is 9.91. The largest absolute Gasteiger partial charge is 0.300 e. The van der Waals surface area contributed by atoms with E-state index in [1.807, 2.05) is 6.08 Å². The molecule has 0 aromatic heterocycles. The second-order valence-corrected chi connectivity index (χ2v) is 3.03. The summed E-state index contributed by atoms with van der Waals surface area (Å²) in [5.74, 6) is 0.698. The van der Waals surface area contributed by atoms with Crippen molar-refractivity contribution in [2.75, 3.05) is 0 Å². The lowest BCUT2D eigenvalue weighted by Crippen LogP contribution is -2.10. The van der Waals surface area contributed by atoms with Gasteiger partial charge >= 0.3 is 0 Å². The zero-order chi connectivity index (χ0) is 8.27. The number of allylic oxidation sites excluding steroid dienone is 2. The fraction of sp³-hybridized carbons (Fsp3) is 0.556. The summed E-state index contributed by atoms with van der Waals surface area (Å²) in [6.07, 6.45) is 5.48. The highest BCUT2D eigenvalue weighted by atomic mass is 16.1. The van der Waals surface area contributed by atoms with E-state index in [-0.39, 0.29) is 11.6 Å². The Morgan fingerprint density at radius 3 is 2.91 bits per heavy atom. The van der Waals surface area contributed by atoms with E-state index < -0.39 is 0 Å². The van der Waals surface area contributed by atoms with Crippen LogP contribution in [0.3, 0.4) is 0 Å². The van der Waals surface area contributed by atoms with Crippen LogP contribution in [0.5, 0.6) is 0 Å². The zero-order valence-corrected chi connectivity index (χ0v) is 6.67. The number of carbonyl (C=O) groups is 2. The predicted molar refractivity (Wildman–Crippen MR) is 42.2 cm³/mol. The summed E-state index contributed by atoms with van der Waals surface area (Å²) in [4.78, 5) is 21.4. The molecule has 0 amide bonds. The van der Waals surface area contributed by atoms with Crippen LogP contribution in [-0.4, -0.2) is 11.6 Å². The zero-order valence-electron chi connectivity index (χ0n) is 6.67. The van der Waals surface area contributed by atoms with E-state index in [2.05, 4.69) is 0 Å². The molecule has 2 heteroatoms. The molecule has 0 heterocycles. The molecule has 0 bridgehead atoms. The van der Waals surface area contributed by atoms with Crippen molar-refractivity contribution in [3.05, 3.63) is 12.2 Å². The van der Waals surface area contributed by atoms with E-state index in [1.54, 1.807) is 13.0 Å². The van der Waals surface area contributed by atoms with Crippen molar-refractivity contribution in [1.29, 1.82) is 0 Å². The van der Waals surface area contributed by atoms with Crippen LogP contribution in [-0.2, 0) is 9.59 Å². The number of carbonyl (C=O) groups excluding carboxylic acids is 2. The van der Waals surface area contributed by atoms with Crippen LogP contribution in [0, 0.1) is 5.92 Å². The first kappa shape index (κ1) is 8.18. The van der Waals surface area contributed by atoms with Gasteiger partial charge in [-0.15, -0.1) is 0 Å². The Hall–Kier alpha value is -0.920. The Morgan fingerprint density at radius 2 is 2.45 bits per heavy atom. The Balaban J connectivity index is 2.44. The van der Waals surface area contributed by atoms with Crippen molar-refractivity contribution in [1.82, 2.24) is 0 Å². The molecular formula is C9H12O2. The standard InChI is InChI=1S/C9H12O2/c1-7(10)6-8-2-4-9(11)5-3-8/h2,4,8H,3,5-6H2,1H3. The number of hydrogen-bond donors (Lipinski definition) is 0. The Labute approximate surface area is 66.3 Å². The SMILES string of the molecule is CC(=O)CC1C=CC(=O)CC1. The number of Topliss-reactive ketones (excluding diaryl/α,β-unsaturated/α-hetero) is 1. The molecule has 0 aromatic carbocycles. The maximum Gasteiger partial charge on any atom is 0.155 e. The minimum Gasteiger partial charge on any atom is -0.300 e. The maximum atomic E-state index is 10.7. The van der Waals surface area contributed by atoms with Crippen molar-refractivity contribution in [3.8, 4) is 0 Å². The fourth-order valence-corrected chi connectivity index (χ4v) is 1.29. The minimum atomic E-state index is 0.185. The van der Waals surface area contributed by atoms with Gasteiger partial charge in [-0.2, -0.15) is 0 Å². The van der Waals surface area contributed by atoms with Gasteiger partial charge in [0.25, 0.3) is 0 Å². The third-order valence-corrected chi connectivity index (χ3v) is 1.87. The van der Waals surface area contributed by atoms with Gasteiger partial charge in [0.05, 0.1) is 0 Å². The summed E-state index contributed by atoms with van der Waals surface area (Å²) in [5, 5.41) is 0. The van der Waals surface area contributed by atoms with Gasteiger partial charge < -0.3 is 4.79 Å².